The fraction of sp³-hybridized carbons (Fsp3) is 0.500. The minimum absolute atomic E-state index is 0.151. The summed E-state index contributed by atoms with van der Waals surface area (Å²) in [6, 6.07) is 3.75. The van der Waals surface area contributed by atoms with Crippen LogP contribution in [0.25, 0.3) is 5.82 Å². The van der Waals surface area contributed by atoms with Crippen LogP contribution in [-0.2, 0) is 4.79 Å². The highest BCUT2D eigenvalue weighted by Crippen LogP contribution is 2.20. The number of hydrogen-bond acceptors (Lipinski definition) is 6. The molecular formula is C18H22N6O2S. The van der Waals surface area contributed by atoms with E-state index in [1.54, 1.807) is 23.0 Å². The summed E-state index contributed by atoms with van der Waals surface area (Å²) in [6.07, 6.45) is 8.61. The third-order valence-electron chi connectivity index (χ3n) is 4.65. The largest absolute Gasteiger partial charge is 0.348 e. The lowest BCUT2D eigenvalue weighted by Gasteiger charge is -2.26. The summed E-state index contributed by atoms with van der Waals surface area (Å²) in [6.45, 7) is 1.71. The fourth-order valence-electron chi connectivity index (χ4n) is 2.96. The smallest absolute Gasteiger partial charge is 0.272 e. The third kappa shape index (κ3) is 4.65. The van der Waals surface area contributed by atoms with Gasteiger partial charge in [-0.1, -0.05) is 11.8 Å². The maximum Gasteiger partial charge on any atom is 0.272 e. The Kier molecular flexibility index (Phi) is 5.38. The number of carbonyl (C=O) groups is 2. The lowest BCUT2D eigenvalue weighted by molar-refractivity contribution is -0.129. The van der Waals surface area contributed by atoms with Gasteiger partial charge in [0.2, 0.25) is 5.91 Å². The molecule has 1 N–H and O–H groups in total. The van der Waals surface area contributed by atoms with Crippen LogP contribution in [0.15, 0.2) is 29.7 Å². The second-order valence-electron chi connectivity index (χ2n) is 6.84. The average molecular weight is 386 g/mol. The molecule has 8 nitrogen and oxygen atoms in total. The Labute approximate surface area is 161 Å². The van der Waals surface area contributed by atoms with Crippen LogP contribution in [0.5, 0.6) is 0 Å². The maximum atomic E-state index is 12.3. The Morgan fingerprint density at radius 3 is 2.78 bits per heavy atom. The van der Waals surface area contributed by atoms with Gasteiger partial charge in [0, 0.05) is 31.4 Å². The van der Waals surface area contributed by atoms with Crippen LogP contribution in [0.2, 0.25) is 0 Å². The number of carbonyl (C=O) groups excluding carboxylic acids is 2. The zero-order valence-corrected chi connectivity index (χ0v) is 15.8. The summed E-state index contributed by atoms with van der Waals surface area (Å²) < 4.78 is 1.56. The maximum absolute atomic E-state index is 12.3. The molecule has 27 heavy (non-hydrogen) atoms. The zero-order valence-electron chi connectivity index (χ0n) is 15.0. The van der Waals surface area contributed by atoms with E-state index in [2.05, 4.69) is 20.4 Å². The molecule has 0 unspecified atom stereocenters. The molecule has 1 aliphatic heterocycles. The van der Waals surface area contributed by atoms with Crippen molar-refractivity contribution in [2.75, 3.05) is 18.8 Å². The summed E-state index contributed by atoms with van der Waals surface area (Å²) in [7, 11) is 0. The van der Waals surface area contributed by atoms with Crippen molar-refractivity contribution in [1.29, 1.82) is 0 Å². The van der Waals surface area contributed by atoms with Gasteiger partial charge in [-0.3, -0.25) is 9.59 Å². The molecular weight excluding hydrogens is 364 g/mol. The van der Waals surface area contributed by atoms with Gasteiger partial charge in [-0.15, -0.1) is 0 Å². The number of nitrogens with one attached hydrogen (secondary N) is 1. The molecule has 0 aromatic carbocycles. The molecule has 2 aliphatic rings. The molecule has 0 bridgehead atoms. The van der Waals surface area contributed by atoms with E-state index >= 15 is 0 Å². The van der Waals surface area contributed by atoms with Gasteiger partial charge in [-0.25, -0.2) is 14.6 Å². The van der Waals surface area contributed by atoms with E-state index in [4.69, 9.17) is 0 Å². The SMILES string of the molecule is O=C(NC1CC1)c1ccn(-c2cc(SCC(=O)N3CCCCC3)ncn2)n1. The van der Waals surface area contributed by atoms with Crippen LogP contribution in [0.1, 0.15) is 42.6 Å². The molecule has 1 aliphatic carbocycles. The monoisotopic (exact) mass is 386 g/mol. The van der Waals surface area contributed by atoms with Crippen molar-refractivity contribution >= 4 is 23.6 Å². The quantitative estimate of drug-likeness (QED) is 0.599. The first-order valence-electron chi connectivity index (χ1n) is 9.28. The summed E-state index contributed by atoms with van der Waals surface area (Å²) >= 11 is 1.40. The van der Waals surface area contributed by atoms with Crippen molar-refractivity contribution in [3.63, 3.8) is 0 Å². The van der Waals surface area contributed by atoms with Gasteiger partial charge in [0.1, 0.15) is 11.4 Å². The number of piperidine rings is 1. The molecule has 2 aromatic rings. The minimum atomic E-state index is -0.160. The van der Waals surface area contributed by atoms with E-state index in [0.29, 0.717) is 28.3 Å². The van der Waals surface area contributed by atoms with Gasteiger partial charge in [-0.2, -0.15) is 5.10 Å². The summed E-state index contributed by atoms with van der Waals surface area (Å²) in [5.74, 6) is 0.929. The Hall–Kier alpha value is -2.42. The predicted octanol–water partition coefficient (Wildman–Crippen LogP) is 1.66. The number of amides is 2. The van der Waals surface area contributed by atoms with Gasteiger partial charge in [0.05, 0.1) is 5.75 Å². The highest BCUT2D eigenvalue weighted by molar-refractivity contribution is 7.99. The molecule has 2 amide bonds. The molecule has 0 spiro atoms. The van der Waals surface area contributed by atoms with Crippen LogP contribution in [0, 0.1) is 0 Å². The average Bonchev–Trinajstić information content (AvgIpc) is 3.38. The number of rotatable bonds is 6. The molecule has 1 saturated heterocycles. The first-order valence-corrected chi connectivity index (χ1v) is 10.3. The molecule has 4 rings (SSSR count). The van der Waals surface area contributed by atoms with Crippen LogP contribution in [0.3, 0.4) is 0 Å². The molecule has 9 heteroatoms. The molecule has 0 atom stereocenters. The van der Waals surface area contributed by atoms with Crippen molar-refractivity contribution in [1.82, 2.24) is 30.0 Å². The van der Waals surface area contributed by atoms with Crippen LogP contribution >= 0.6 is 11.8 Å². The second kappa shape index (κ2) is 8.08. The topological polar surface area (TPSA) is 93.0 Å². The molecule has 3 heterocycles. The van der Waals surface area contributed by atoms with Crippen molar-refractivity contribution in [2.45, 2.75) is 43.2 Å². The van der Waals surface area contributed by atoms with Gasteiger partial charge < -0.3 is 10.2 Å². The highest BCUT2D eigenvalue weighted by Gasteiger charge is 2.24. The zero-order chi connectivity index (χ0) is 18.6. The number of aromatic nitrogens is 4. The lowest BCUT2D eigenvalue weighted by atomic mass is 10.1. The predicted molar refractivity (Wildman–Crippen MR) is 101 cm³/mol. The van der Waals surface area contributed by atoms with E-state index in [-0.39, 0.29) is 11.8 Å². The van der Waals surface area contributed by atoms with E-state index in [1.807, 2.05) is 4.90 Å². The summed E-state index contributed by atoms with van der Waals surface area (Å²) in [5.41, 5.74) is 0.370. The van der Waals surface area contributed by atoms with Crippen molar-refractivity contribution in [3.05, 3.63) is 30.4 Å². The molecule has 0 radical (unpaired) electrons. The Bertz CT molecular complexity index is 829. The Morgan fingerprint density at radius 1 is 1.19 bits per heavy atom. The van der Waals surface area contributed by atoms with Crippen LogP contribution in [0.4, 0.5) is 0 Å². The molecule has 2 aromatic heterocycles. The van der Waals surface area contributed by atoms with E-state index in [1.165, 1.54) is 24.5 Å². The van der Waals surface area contributed by atoms with Gasteiger partial charge in [0.15, 0.2) is 11.5 Å². The Balaban J connectivity index is 1.37. The van der Waals surface area contributed by atoms with Gasteiger partial charge >= 0.3 is 0 Å². The number of hydrogen-bond donors (Lipinski definition) is 1. The van der Waals surface area contributed by atoms with Gasteiger partial charge in [-0.05, 0) is 38.2 Å². The first-order chi connectivity index (χ1) is 13.2. The van der Waals surface area contributed by atoms with Crippen molar-refractivity contribution in [3.8, 4) is 5.82 Å². The first kappa shape index (κ1) is 18.0. The Morgan fingerprint density at radius 2 is 2.00 bits per heavy atom. The van der Waals surface area contributed by atoms with Crippen molar-refractivity contribution < 1.29 is 9.59 Å². The molecule has 1 saturated carbocycles. The van der Waals surface area contributed by atoms with Gasteiger partial charge in [0.25, 0.3) is 5.91 Å². The summed E-state index contributed by atoms with van der Waals surface area (Å²) in [5, 5.41) is 7.93. The van der Waals surface area contributed by atoms with Crippen LogP contribution in [-0.4, -0.2) is 61.3 Å². The van der Waals surface area contributed by atoms with Crippen molar-refractivity contribution in [2.24, 2.45) is 0 Å². The van der Waals surface area contributed by atoms with E-state index < -0.39 is 0 Å². The normalized spacial score (nSPS) is 17.0. The minimum Gasteiger partial charge on any atom is -0.348 e. The van der Waals surface area contributed by atoms with E-state index in [0.717, 1.165) is 38.8 Å². The molecule has 142 valence electrons. The number of likely N-dealkylation sites (tertiary alicyclic amines) is 1. The standard InChI is InChI=1S/C18H22N6O2S/c25-17(23-7-2-1-3-8-23)11-27-16-10-15(19-12-20-16)24-9-6-14(22-24)18(26)21-13-4-5-13/h6,9-10,12-13H,1-5,7-8,11H2,(H,21,26). The number of nitrogens with zero attached hydrogens (tertiary/aromatic N) is 5. The lowest BCUT2D eigenvalue weighted by Crippen LogP contribution is -2.36. The third-order valence-corrected chi connectivity index (χ3v) is 5.56. The molecule has 2 fully saturated rings. The summed E-state index contributed by atoms with van der Waals surface area (Å²) in [4.78, 5) is 34.7. The number of thioether (sulfide) groups is 1. The van der Waals surface area contributed by atoms with Crippen LogP contribution < -0.4 is 5.32 Å². The van der Waals surface area contributed by atoms with E-state index in [9.17, 15) is 9.59 Å². The highest BCUT2D eigenvalue weighted by atomic mass is 32.2. The second-order valence-corrected chi connectivity index (χ2v) is 7.83. The fourth-order valence-corrected chi connectivity index (χ4v) is 3.73.